The molecular weight excluding hydrogens is 272 g/mol. The van der Waals surface area contributed by atoms with Crippen LogP contribution >= 0.6 is 11.3 Å². The van der Waals surface area contributed by atoms with Crippen LogP contribution in [0.3, 0.4) is 0 Å². The van der Waals surface area contributed by atoms with Crippen LogP contribution in [0.2, 0.25) is 0 Å². The first-order valence-electron chi connectivity index (χ1n) is 6.79. The van der Waals surface area contributed by atoms with E-state index in [0.29, 0.717) is 0 Å². The van der Waals surface area contributed by atoms with Gasteiger partial charge in [0, 0.05) is 35.2 Å². The van der Waals surface area contributed by atoms with Crippen LogP contribution in [0, 0.1) is 5.92 Å². The zero-order chi connectivity index (χ0) is 15.3. The lowest BCUT2D eigenvalue weighted by atomic mass is 9.98. The van der Waals surface area contributed by atoms with E-state index in [1.165, 1.54) is 6.08 Å². The number of hydrogen-bond acceptors (Lipinski definition) is 4. The Morgan fingerprint density at radius 1 is 1.50 bits per heavy atom. The summed E-state index contributed by atoms with van der Waals surface area (Å²) in [5, 5.41) is 12.9. The van der Waals surface area contributed by atoms with Crippen molar-refractivity contribution >= 4 is 23.3 Å². The summed E-state index contributed by atoms with van der Waals surface area (Å²) >= 11 is 1.59. The third kappa shape index (κ3) is 5.06. The van der Waals surface area contributed by atoms with E-state index in [0.717, 1.165) is 9.88 Å². The molecule has 1 heterocycles. The topological polar surface area (TPSA) is 62.2 Å². The highest BCUT2D eigenvalue weighted by atomic mass is 32.1. The van der Waals surface area contributed by atoms with Gasteiger partial charge in [-0.3, -0.25) is 4.79 Å². The van der Waals surface area contributed by atoms with E-state index in [1.807, 2.05) is 13.8 Å². The second kappa shape index (κ2) is 6.99. The largest absolute Gasteiger partial charge is 0.396 e. The summed E-state index contributed by atoms with van der Waals surface area (Å²) in [4.78, 5) is 17.1. The molecular formula is C15H24N2O2S. The van der Waals surface area contributed by atoms with Gasteiger partial charge in [0.15, 0.2) is 0 Å². The number of thiazole rings is 1. The Bertz CT molecular complexity index is 474. The van der Waals surface area contributed by atoms with Gasteiger partial charge in [-0.25, -0.2) is 4.98 Å². The molecule has 1 rings (SSSR count). The Kier molecular flexibility index (Phi) is 5.89. The molecule has 4 nitrogen and oxygen atoms in total. The zero-order valence-corrected chi connectivity index (χ0v) is 13.6. The summed E-state index contributed by atoms with van der Waals surface area (Å²) in [5.74, 6) is -0.105. The molecule has 2 N–H and O–H groups in total. The molecule has 2 unspecified atom stereocenters. The van der Waals surface area contributed by atoms with Crippen molar-refractivity contribution < 1.29 is 9.90 Å². The number of aliphatic hydroxyl groups is 1. The molecule has 0 spiro atoms. The average Bonchev–Trinajstić information content (AvgIpc) is 2.83. The number of hydrogen-bond donors (Lipinski definition) is 2. The van der Waals surface area contributed by atoms with Crippen LogP contribution < -0.4 is 5.32 Å². The van der Waals surface area contributed by atoms with E-state index in [4.69, 9.17) is 5.11 Å². The first-order chi connectivity index (χ1) is 9.24. The van der Waals surface area contributed by atoms with Gasteiger partial charge in [0.25, 0.3) is 0 Å². The van der Waals surface area contributed by atoms with Crippen LogP contribution in [-0.2, 0) is 10.2 Å². The standard InChI is InChI=1S/C15H24N2O2S/c1-10(9-18)11(2)17-13(19)7-6-12-8-16-14(20-12)15(3,4)5/h6-8,10-11,18H,9H2,1-5H3,(H,17,19)/b7-6+. The van der Waals surface area contributed by atoms with E-state index in [1.54, 1.807) is 23.6 Å². The second-order valence-corrected chi connectivity index (χ2v) is 7.17. The molecule has 2 atom stereocenters. The van der Waals surface area contributed by atoms with Gasteiger partial charge >= 0.3 is 0 Å². The smallest absolute Gasteiger partial charge is 0.244 e. The van der Waals surface area contributed by atoms with Crippen molar-refractivity contribution in [3.05, 3.63) is 22.2 Å². The van der Waals surface area contributed by atoms with Crippen molar-refractivity contribution in [2.45, 2.75) is 46.1 Å². The number of aromatic nitrogens is 1. The van der Waals surface area contributed by atoms with Gasteiger partial charge in [-0.2, -0.15) is 0 Å². The van der Waals surface area contributed by atoms with Crippen molar-refractivity contribution in [2.75, 3.05) is 6.61 Å². The molecule has 20 heavy (non-hydrogen) atoms. The monoisotopic (exact) mass is 296 g/mol. The van der Waals surface area contributed by atoms with Gasteiger partial charge in [0.05, 0.1) is 5.01 Å². The molecule has 0 aliphatic heterocycles. The summed E-state index contributed by atoms with van der Waals surface area (Å²) in [6, 6.07) is -0.0521. The molecule has 0 aliphatic rings. The van der Waals surface area contributed by atoms with E-state index < -0.39 is 0 Å². The molecule has 0 bridgehead atoms. The predicted octanol–water partition coefficient (Wildman–Crippen LogP) is 2.59. The van der Waals surface area contributed by atoms with Crippen LogP contribution in [0.15, 0.2) is 12.3 Å². The quantitative estimate of drug-likeness (QED) is 0.821. The van der Waals surface area contributed by atoms with E-state index in [9.17, 15) is 4.79 Å². The lowest BCUT2D eigenvalue weighted by Crippen LogP contribution is -2.37. The number of nitrogens with one attached hydrogen (secondary N) is 1. The van der Waals surface area contributed by atoms with Gasteiger partial charge in [0.1, 0.15) is 0 Å². The van der Waals surface area contributed by atoms with Gasteiger partial charge in [-0.1, -0.05) is 27.7 Å². The summed E-state index contributed by atoms with van der Waals surface area (Å²) in [7, 11) is 0. The Morgan fingerprint density at radius 2 is 2.15 bits per heavy atom. The highest BCUT2D eigenvalue weighted by Crippen LogP contribution is 2.27. The summed E-state index contributed by atoms with van der Waals surface area (Å²) in [6.07, 6.45) is 5.08. The van der Waals surface area contributed by atoms with E-state index >= 15 is 0 Å². The Morgan fingerprint density at radius 3 is 2.65 bits per heavy atom. The third-order valence-corrected chi connectivity index (χ3v) is 4.46. The van der Waals surface area contributed by atoms with Gasteiger partial charge in [-0.15, -0.1) is 11.3 Å². The highest BCUT2D eigenvalue weighted by Gasteiger charge is 2.17. The maximum atomic E-state index is 11.8. The molecule has 0 fully saturated rings. The molecule has 0 saturated carbocycles. The molecule has 0 radical (unpaired) electrons. The minimum Gasteiger partial charge on any atom is -0.396 e. The summed E-state index contributed by atoms with van der Waals surface area (Å²) in [6.45, 7) is 10.2. The molecule has 1 amide bonds. The highest BCUT2D eigenvalue weighted by molar-refractivity contribution is 7.12. The van der Waals surface area contributed by atoms with Crippen LogP contribution in [0.4, 0.5) is 0 Å². The SMILES string of the molecule is CC(CO)C(C)NC(=O)/C=C/c1cnc(C(C)(C)C)s1. The molecule has 5 heteroatoms. The van der Waals surface area contributed by atoms with Gasteiger partial charge in [0.2, 0.25) is 5.91 Å². The van der Waals surface area contributed by atoms with Crippen molar-refractivity contribution in [1.82, 2.24) is 10.3 Å². The van der Waals surface area contributed by atoms with Crippen LogP contribution in [0.25, 0.3) is 6.08 Å². The van der Waals surface area contributed by atoms with Crippen molar-refractivity contribution in [2.24, 2.45) is 5.92 Å². The van der Waals surface area contributed by atoms with Crippen molar-refractivity contribution in [3.8, 4) is 0 Å². The molecule has 1 aromatic rings. The maximum absolute atomic E-state index is 11.8. The predicted molar refractivity (Wildman–Crippen MR) is 83.7 cm³/mol. The fraction of sp³-hybridized carbons (Fsp3) is 0.600. The number of aliphatic hydroxyl groups excluding tert-OH is 1. The van der Waals surface area contributed by atoms with Crippen LogP contribution in [0.1, 0.15) is 44.5 Å². The number of amides is 1. The minimum atomic E-state index is -0.150. The maximum Gasteiger partial charge on any atom is 0.244 e. The van der Waals surface area contributed by atoms with E-state index in [-0.39, 0.29) is 29.9 Å². The Hall–Kier alpha value is -1.20. The lowest BCUT2D eigenvalue weighted by Gasteiger charge is -2.17. The number of carbonyl (C=O) groups is 1. The average molecular weight is 296 g/mol. The normalized spacial score (nSPS) is 15.3. The Labute approximate surface area is 124 Å². The number of carbonyl (C=O) groups excluding carboxylic acids is 1. The minimum absolute atomic E-state index is 0.0318. The van der Waals surface area contributed by atoms with Crippen LogP contribution in [-0.4, -0.2) is 28.6 Å². The van der Waals surface area contributed by atoms with Gasteiger partial charge in [-0.05, 0) is 18.9 Å². The van der Waals surface area contributed by atoms with Crippen molar-refractivity contribution in [1.29, 1.82) is 0 Å². The number of rotatable bonds is 5. The lowest BCUT2D eigenvalue weighted by molar-refractivity contribution is -0.117. The van der Waals surface area contributed by atoms with E-state index in [2.05, 4.69) is 31.1 Å². The summed E-state index contributed by atoms with van der Waals surface area (Å²) in [5.41, 5.74) is 0.0318. The zero-order valence-electron chi connectivity index (χ0n) is 12.8. The van der Waals surface area contributed by atoms with Crippen LogP contribution in [0.5, 0.6) is 0 Å². The molecule has 0 aliphatic carbocycles. The first-order valence-corrected chi connectivity index (χ1v) is 7.61. The molecule has 112 valence electrons. The first kappa shape index (κ1) is 16.9. The Balaban J connectivity index is 2.60. The summed E-state index contributed by atoms with van der Waals surface area (Å²) < 4.78 is 0. The second-order valence-electron chi connectivity index (χ2n) is 6.11. The van der Waals surface area contributed by atoms with Gasteiger partial charge < -0.3 is 10.4 Å². The fourth-order valence-corrected chi connectivity index (χ4v) is 2.32. The van der Waals surface area contributed by atoms with Crippen molar-refractivity contribution in [3.63, 3.8) is 0 Å². The molecule has 1 aromatic heterocycles. The fourth-order valence-electron chi connectivity index (χ4n) is 1.44. The molecule has 0 saturated heterocycles. The molecule has 0 aromatic carbocycles. The number of nitrogens with zero attached hydrogens (tertiary/aromatic N) is 1. The third-order valence-electron chi connectivity index (χ3n) is 3.08.